The third kappa shape index (κ3) is 7.24. The van der Waals surface area contributed by atoms with Gasteiger partial charge >= 0.3 is 11.9 Å². The minimum Gasteiger partial charge on any atom is -0.463 e. The van der Waals surface area contributed by atoms with Crippen LogP contribution in [0, 0.1) is 10.1 Å². The van der Waals surface area contributed by atoms with Crippen LogP contribution in [-0.4, -0.2) is 80.4 Å². The highest BCUT2D eigenvalue weighted by atomic mass is 35.5. The number of nitrogens with one attached hydrogen (secondary N) is 1. The first-order chi connectivity index (χ1) is 20.4. The van der Waals surface area contributed by atoms with Crippen molar-refractivity contribution in [2.24, 2.45) is 0 Å². The molecule has 4 rings (SSSR count). The Morgan fingerprint density at radius 3 is 2.23 bits per heavy atom. The highest BCUT2D eigenvalue weighted by Gasteiger charge is 2.38. The maximum atomic E-state index is 13.5. The first-order valence-corrected chi connectivity index (χ1v) is 15.5. The quantitative estimate of drug-likeness (QED) is 0.234. The fourth-order valence-electron chi connectivity index (χ4n) is 5.21. The van der Waals surface area contributed by atoms with Crippen molar-refractivity contribution in [3.8, 4) is 0 Å². The summed E-state index contributed by atoms with van der Waals surface area (Å²) in [4.78, 5) is 39.6. The van der Waals surface area contributed by atoms with Gasteiger partial charge in [0.1, 0.15) is 6.61 Å². The Balaban J connectivity index is 1.45. The molecule has 0 bridgehead atoms. The number of nitrogens with zero attached hydrogens (tertiary/aromatic N) is 3. The summed E-state index contributed by atoms with van der Waals surface area (Å²) in [5.41, 5.74) is 1.42. The molecule has 2 aliphatic heterocycles. The second-order valence-corrected chi connectivity index (χ2v) is 12.4. The summed E-state index contributed by atoms with van der Waals surface area (Å²) in [7, 11) is -3.69. The molecule has 0 aromatic heterocycles. The van der Waals surface area contributed by atoms with E-state index in [1.54, 1.807) is 39.0 Å². The number of halogens is 1. The summed E-state index contributed by atoms with van der Waals surface area (Å²) in [6, 6.07) is 11.9. The molecule has 2 heterocycles. The fourth-order valence-corrected chi connectivity index (χ4v) is 6.93. The molecule has 1 unspecified atom stereocenters. The van der Waals surface area contributed by atoms with Gasteiger partial charge < -0.3 is 14.8 Å². The Morgan fingerprint density at radius 1 is 1.00 bits per heavy atom. The fraction of sp³-hybridized carbons (Fsp3) is 0.379. The zero-order valence-corrected chi connectivity index (χ0v) is 25.6. The number of carbonyl (C=O) groups is 2. The van der Waals surface area contributed by atoms with Gasteiger partial charge in [-0.15, -0.1) is 0 Å². The third-order valence-electron chi connectivity index (χ3n) is 7.30. The molecule has 2 aliphatic rings. The lowest BCUT2D eigenvalue weighted by Gasteiger charge is -2.34. The van der Waals surface area contributed by atoms with Crippen molar-refractivity contribution in [3.05, 3.63) is 91.8 Å². The molecule has 0 saturated carbocycles. The minimum atomic E-state index is -3.69. The summed E-state index contributed by atoms with van der Waals surface area (Å²) in [6.07, 6.45) is 0. The number of ether oxygens (including phenoxy) is 2. The number of esters is 2. The molecular weight excluding hydrogens is 600 g/mol. The van der Waals surface area contributed by atoms with Crippen LogP contribution in [0.15, 0.2) is 76.0 Å². The molecule has 0 spiro atoms. The molecule has 0 aliphatic carbocycles. The lowest BCUT2D eigenvalue weighted by atomic mass is 9.80. The van der Waals surface area contributed by atoms with Gasteiger partial charge in [-0.3, -0.25) is 15.0 Å². The van der Waals surface area contributed by atoms with Gasteiger partial charge in [-0.1, -0.05) is 29.8 Å². The molecule has 1 fully saturated rings. The van der Waals surface area contributed by atoms with E-state index < -0.39 is 32.8 Å². The van der Waals surface area contributed by atoms with Crippen molar-refractivity contribution in [3.63, 3.8) is 0 Å². The van der Waals surface area contributed by atoms with Crippen LogP contribution < -0.4 is 5.32 Å². The number of nitro groups is 1. The molecule has 0 radical (unpaired) electrons. The van der Waals surface area contributed by atoms with E-state index in [0.717, 1.165) is 0 Å². The number of dihydropyridines is 1. The van der Waals surface area contributed by atoms with Crippen molar-refractivity contribution in [2.45, 2.75) is 31.6 Å². The summed E-state index contributed by atoms with van der Waals surface area (Å²) in [5.74, 6) is -2.28. The van der Waals surface area contributed by atoms with E-state index in [1.165, 1.54) is 34.6 Å². The summed E-state index contributed by atoms with van der Waals surface area (Å²) in [6.45, 7) is 6.88. The summed E-state index contributed by atoms with van der Waals surface area (Å²) in [5, 5.41) is 14.9. The lowest BCUT2D eigenvalue weighted by Crippen LogP contribution is -2.49. The monoisotopic (exact) mass is 632 g/mol. The van der Waals surface area contributed by atoms with Crippen LogP contribution in [0.2, 0.25) is 5.02 Å². The molecule has 1 N–H and O–H groups in total. The molecule has 0 amide bonds. The second-order valence-electron chi connectivity index (χ2n) is 10.0. The number of piperazine rings is 1. The van der Waals surface area contributed by atoms with E-state index in [4.69, 9.17) is 21.1 Å². The van der Waals surface area contributed by atoms with Gasteiger partial charge in [-0.25, -0.2) is 18.0 Å². The Labute approximate surface area is 255 Å². The normalized spacial score (nSPS) is 18.3. The number of benzene rings is 2. The molecule has 43 heavy (non-hydrogen) atoms. The minimum absolute atomic E-state index is 0.00967. The van der Waals surface area contributed by atoms with Gasteiger partial charge in [-0.05, 0) is 44.5 Å². The molecule has 1 saturated heterocycles. The highest BCUT2D eigenvalue weighted by molar-refractivity contribution is 7.89. The Bertz CT molecular complexity index is 1580. The van der Waals surface area contributed by atoms with Crippen molar-refractivity contribution in [1.82, 2.24) is 14.5 Å². The lowest BCUT2D eigenvalue weighted by molar-refractivity contribution is -0.384. The average Bonchev–Trinajstić information content (AvgIpc) is 2.97. The van der Waals surface area contributed by atoms with Crippen LogP contribution in [0.25, 0.3) is 0 Å². The molecule has 2 aromatic carbocycles. The van der Waals surface area contributed by atoms with Crippen molar-refractivity contribution in [2.75, 3.05) is 45.9 Å². The molecule has 12 nitrogen and oxygen atoms in total. The van der Waals surface area contributed by atoms with Gasteiger partial charge in [0, 0.05) is 61.3 Å². The number of carbonyl (C=O) groups excluding carboxylic acids is 2. The van der Waals surface area contributed by atoms with Crippen molar-refractivity contribution >= 4 is 39.3 Å². The highest BCUT2D eigenvalue weighted by Crippen LogP contribution is 2.40. The van der Waals surface area contributed by atoms with Gasteiger partial charge in [0.15, 0.2) is 0 Å². The summed E-state index contributed by atoms with van der Waals surface area (Å²) >= 11 is 5.98. The van der Waals surface area contributed by atoms with Crippen molar-refractivity contribution < 1.29 is 32.4 Å². The average molecular weight is 633 g/mol. The first kappa shape index (κ1) is 32.1. The van der Waals surface area contributed by atoms with Gasteiger partial charge in [0.2, 0.25) is 10.0 Å². The van der Waals surface area contributed by atoms with Gasteiger partial charge in [0.25, 0.3) is 5.69 Å². The number of nitro benzene ring substituents is 1. The van der Waals surface area contributed by atoms with Gasteiger partial charge in [0.05, 0.1) is 33.5 Å². The van der Waals surface area contributed by atoms with E-state index in [0.29, 0.717) is 41.6 Å². The Morgan fingerprint density at radius 2 is 1.63 bits per heavy atom. The van der Waals surface area contributed by atoms with Crippen LogP contribution in [-0.2, 0) is 29.1 Å². The third-order valence-corrected chi connectivity index (χ3v) is 9.43. The second kappa shape index (κ2) is 13.7. The smallest absolute Gasteiger partial charge is 0.336 e. The standard InChI is InChI=1S/C29H33ClN4O8S/c1-4-41-28(35)25-19(2)31-20(3)26(27(25)21-7-5-9-23(17-21)34(37)38)29(36)42-16-15-32-11-13-33(14-12-32)43(39,40)24-10-6-8-22(30)18-24/h5-10,17-18,27,31H,4,11-16H2,1-3H3. The van der Waals surface area contributed by atoms with Crippen LogP contribution in [0.4, 0.5) is 5.69 Å². The van der Waals surface area contributed by atoms with E-state index >= 15 is 0 Å². The topological polar surface area (TPSA) is 148 Å². The predicted molar refractivity (Wildman–Crippen MR) is 159 cm³/mol. The number of sulfonamides is 1. The molecule has 230 valence electrons. The Hall–Kier alpha value is -3.78. The number of allylic oxidation sites excluding steroid dienone is 2. The first-order valence-electron chi connectivity index (χ1n) is 13.7. The van der Waals surface area contributed by atoms with Crippen LogP contribution >= 0.6 is 11.6 Å². The van der Waals surface area contributed by atoms with E-state index in [2.05, 4.69) is 5.32 Å². The van der Waals surface area contributed by atoms with Gasteiger partial charge in [-0.2, -0.15) is 4.31 Å². The van der Waals surface area contributed by atoms with Crippen molar-refractivity contribution in [1.29, 1.82) is 0 Å². The molecule has 1 atom stereocenters. The maximum absolute atomic E-state index is 13.5. The van der Waals surface area contributed by atoms with Crippen LogP contribution in [0.1, 0.15) is 32.3 Å². The molecule has 14 heteroatoms. The number of non-ortho nitro benzene ring substituents is 1. The zero-order valence-electron chi connectivity index (χ0n) is 24.0. The molecular formula is C29H33ClN4O8S. The van der Waals surface area contributed by atoms with Crippen LogP contribution in [0.5, 0.6) is 0 Å². The Kier molecular flexibility index (Phi) is 10.2. The molecule has 2 aromatic rings. The van der Waals surface area contributed by atoms with Crippen LogP contribution in [0.3, 0.4) is 0 Å². The zero-order chi connectivity index (χ0) is 31.3. The number of hydrogen-bond donors (Lipinski definition) is 1. The number of rotatable bonds is 10. The predicted octanol–water partition coefficient (Wildman–Crippen LogP) is 3.60. The maximum Gasteiger partial charge on any atom is 0.336 e. The van der Waals surface area contributed by atoms with E-state index in [-0.39, 0.29) is 48.0 Å². The SMILES string of the molecule is CCOC(=O)C1=C(C)NC(C)=C(C(=O)OCCN2CCN(S(=O)(=O)c3cccc(Cl)c3)CC2)C1c1cccc([N+](=O)[O-])c1. The largest absolute Gasteiger partial charge is 0.463 e. The van der Waals surface area contributed by atoms with E-state index in [9.17, 15) is 28.1 Å². The number of hydrogen-bond acceptors (Lipinski definition) is 10. The van der Waals surface area contributed by atoms with E-state index in [1.807, 2.05) is 4.90 Å². The summed E-state index contributed by atoms with van der Waals surface area (Å²) < 4.78 is 38.3.